The van der Waals surface area contributed by atoms with Crippen LogP contribution in [0.15, 0.2) is 36.7 Å². The molecule has 0 saturated carbocycles. The lowest BCUT2D eigenvalue weighted by Crippen LogP contribution is -2.49. The number of aromatic nitrogens is 2. The molecule has 0 bridgehead atoms. The highest BCUT2D eigenvalue weighted by molar-refractivity contribution is 5.81. The van der Waals surface area contributed by atoms with Gasteiger partial charge in [-0.15, -0.1) is 0 Å². The number of piperazine rings is 1. The number of likely N-dealkylation sites (N-methyl/N-ethyl adjacent to an activating group) is 1. The molecule has 1 aromatic carbocycles. The van der Waals surface area contributed by atoms with E-state index < -0.39 is 5.97 Å². The second-order valence-electron chi connectivity index (χ2n) is 7.69. The first kappa shape index (κ1) is 23.1. The number of carbonyl (C=O) groups excluding carboxylic acids is 2. The second-order valence-corrected chi connectivity index (χ2v) is 7.69. The number of anilines is 1. The average Bonchev–Trinajstić information content (AvgIpc) is 2.82. The van der Waals surface area contributed by atoms with Crippen molar-refractivity contribution in [2.24, 2.45) is 5.73 Å². The SMILES string of the molecule is CN(Cc1cccc(-c2cnc(N3CCN(C(=O)CCC(=O)O)CC3)nc2)c1)C(=O)CN. The van der Waals surface area contributed by atoms with Crippen LogP contribution in [0.1, 0.15) is 18.4 Å². The number of carboxylic acid groups (broad SMARTS) is 1. The van der Waals surface area contributed by atoms with Gasteiger partial charge in [0.05, 0.1) is 13.0 Å². The van der Waals surface area contributed by atoms with Crippen LogP contribution >= 0.6 is 0 Å². The minimum Gasteiger partial charge on any atom is -0.481 e. The third-order valence-corrected chi connectivity index (χ3v) is 5.39. The van der Waals surface area contributed by atoms with E-state index >= 15 is 0 Å². The van der Waals surface area contributed by atoms with E-state index in [0.29, 0.717) is 38.7 Å². The van der Waals surface area contributed by atoms with Crippen LogP contribution in [-0.2, 0) is 20.9 Å². The molecule has 3 N–H and O–H groups in total. The fourth-order valence-electron chi connectivity index (χ4n) is 3.53. The first-order valence-corrected chi connectivity index (χ1v) is 10.5. The molecule has 32 heavy (non-hydrogen) atoms. The van der Waals surface area contributed by atoms with Gasteiger partial charge < -0.3 is 25.5 Å². The quantitative estimate of drug-likeness (QED) is 0.609. The summed E-state index contributed by atoms with van der Waals surface area (Å²) in [6.07, 6.45) is 3.40. The monoisotopic (exact) mass is 440 g/mol. The van der Waals surface area contributed by atoms with E-state index in [9.17, 15) is 14.4 Å². The van der Waals surface area contributed by atoms with Crippen molar-refractivity contribution in [2.75, 3.05) is 44.7 Å². The number of carboxylic acids is 1. The van der Waals surface area contributed by atoms with Crippen LogP contribution in [0.3, 0.4) is 0 Å². The molecule has 0 atom stereocenters. The van der Waals surface area contributed by atoms with Crippen LogP contribution < -0.4 is 10.6 Å². The number of nitrogens with two attached hydrogens (primary N) is 1. The van der Waals surface area contributed by atoms with Crippen LogP contribution in [0.5, 0.6) is 0 Å². The zero-order chi connectivity index (χ0) is 23.1. The Balaban J connectivity index is 1.59. The molecule has 2 aromatic rings. The summed E-state index contributed by atoms with van der Waals surface area (Å²) in [5.41, 5.74) is 8.22. The fourth-order valence-corrected chi connectivity index (χ4v) is 3.53. The normalized spacial score (nSPS) is 13.7. The molecule has 10 heteroatoms. The fraction of sp³-hybridized carbons (Fsp3) is 0.409. The Kier molecular flexibility index (Phi) is 7.72. The van der Waals surface area contributed by atoms with Gasteiger partial charge in [-0.05, 0) is 17.2 Å². The van der Waals surface area contributed by atoms with Crippen molar-refractivity contribution in [1.29, 1.82) is 0 Å². The maximum Gasteiger partial charge on any atom is 0.303 e. The van der Waals surface area contributed by atoms with E-state index in [1.165, 1.54) is 0 Å². The van der Waals surface area contributed by atoms with Crippen LogP contribution in [0.4, 0.5) is 5.95 Å². The Morgan fingerprint density at radius 1 is 1.06 bits per heavy atom. The summed E-state index contributed by atoms with van der Waals surface area (Å²) in [5.74, 6) is -0.628. The lowest BCUT2D eigenvalue weighted by atomic mass is 10.1. The molecule has 0 radical (unpaired) electrons. The van der Waals surface area contributed by atoms with Gasteiger partial charge in [0, 0.05) is 64.1 Å². The number of benzene rings is 1. The Morgan fingerprint density at radius 2 is 1.75 bits per heavy atom. The van der Waals surface area contributed by atoms with Crippen LogP contribution in [-0.4, -0.2) is 82.4 Å². The highest BCUT2D eigenvalue weighted by Crippen LogP contribution is 2.21. The van der Waals surface area contributed by atoms with Gasteiger partial charge >= 0.3 is 5.97 Å². The average molecular weight is 441 g/mol. The number of rotatable bonds is 8. The van der Waals surface area contributed by atoms with Crippen molar-refractivity contribution in [1.82, 2.24) is 19.8 Å². The minimum atomic E-state index is -0.966. The van der Waals surface area contributed by atoms with Crippen molar-refractivity contribution in [2.45, 2.75) is 19.4 Å². The summed E-state index contributed by atoms with van der Waals surface area (Å²) < 4.78 is 0. The lowest BCUT2D eigenvalue weighted by molar-refractivity contribution is -0.141. The predicted molar refractivity (Wildman–Crippen MR) is 119 cm³/mol. The summed E-state index contributed by atoms with van der Waals surface area (Å²) in [6.45, 7) is 2.67. The van der Waals surface area contributed by atoms with E-state index in [-0.39, 0.29) is 31.2 Å². The largest absolute Gasteiger partial charge is 0.481 e. The molecule has 0 aliphatic carbocycles. The van der Waals surface area contributed by atoms with Crippen LogP contribution in [0, 0.1) is 0 Å². The molecule has 1 aliphatic rings. The molecule has 170 valence electrons. The summed E-state index contributed by atoms with van der Waals surface area (Å²) in [4.78, 5) is 48.7. The molecule has 1 aliphatic heterocycles. The van der Waals surface area contributed by atoms with Gasteiger partial charge in [0.2, 0.25) is 17.8 Å². The van der Waals surface area contributed by atoms with E-state index in [1.807, 2.05) is 29.2 Å². The van der Waals surface area contributed by atoms with Crippen molar-refractivity contribution in [3.05, 3.63) is 42.2 Å². The van der Waals surface area contributed by atoms with E-state index in [4.69, 9.17) is 10.8 Å². The molecular weight excluding hydrogens is 412 g/mol. The summed E-state index contributed by atoms with van der Waals surface area (Å²) >= 11 is 0. The van der Waals surface area contributed by atoms with Crippen molar-refractivity contribution < 1.29 is 19.5 Å². The first-order valence-electron chi connectivity index (χ1n) is 10.5. The van der Waals surface area contributed by atoms with Crippen molar-refractivity contribution in [3.63, 3.8) is 0 Å². The van der Waals surface area contributed by atoms with Gasteiger partial charge in [-0.3, -0.25) is 14.4 Å². The maximum absolute atomic E-state index is 12.1. The molecule has 1 fully saturated rings. The Hall–Kier alpha value is -3.53. The van der Waals surface area contributed by atoms with Crippen LogP contribution in [0.25, 0.3) is 11.1 Å². The highest BCUT2D eigenvalue weighted by Gasteiger charge is 2.22. The second kappa shape index (κ2) is 10.7. The highest BCUT2D eigenvalue weighted by atomic mass is 16.4. The number of aliphatic carboxylic acids is 1. The van der Waals surface area contributed by atoms with E-state index in [1.54, 1.807) is 29.2 Å². The van der Waals surface area contributed by atoms with E-state index in [0.717, 1.165) is 16.7 Å². The number of hydrogen-bond donors (Lipinski definition) is 2. The zero-order valence-electron chi connectivity index (χ0n) is 18.1. The van der Waals surface area contributed by atoms with E-state index in [2.05, 4.69) is 9.97 Å². The first-order chi connectivity index (χ1) is 15.4. The molecule has 3 rings (SSSR count). The molecule has 0 spiro atoms. The number of hydrogen-bond acceptors (Lipinski definition) is 7. The van der Waals surface area contributed by atoms with Gasteiger partial charge in [-0.25, -0.2) is 9.97 Å². The van der Waals surface area contributed by atoms with Crippen LogP contribution in [0.2, 0.25) is 0 Å². The number of carbonyl (C=O) groups is 3. The molecule has 2 heterocycles. The molecule has 10 nitrogen and oxygen atoms in total. The van der Waals surface area contributed by atoms with Gasteiger partial charge in [0.25, 0.3) is 0 Å². The predicted octanol–water partition coefficient (Wildman–Crippen LogP) is 0.574. The molecule has 1 aromatic heterocycles. The third-order valence-electron chi connectivity index (χ3n) is 5.39. The standard InChI is InChI=1S/C22H28N6O4/c1-26(20(30)12-23)15-16-3-2-4-17(11-16)18-13-24-22(25-14-18)28-9-7-27(8-10-28)19(29)5-6-21(31)32/h2-4,11,13-14H,5-10,12,15,23H2,1H3,(H,31,32). The lowest BCUT2D eigenvalue weighted by Gasteiger charge is -2.34. The smallest absolute Gasteiger partial charge is 0.303 e. The topological polar surface area (TPSA) is 133 Å². The maximum atomic E-state index is 12.1. The van der Waals surface area contributed by atoms with Crippen molar-refractivity contribution in [3.8, 4) is 11.1 Å². The molecule has 2 amide bonds. The zero-order valence-corrected chi connectivity index (χ0v) is 18.1. The van der Waals surface area contributed by atoms with Gasteiger partial charge in [0.1, 0.15) is 0 Å². The molecular formula is C22H28N6O4. The Bertz CT molecular complexity index is 957. The van der Waals surface area contributed by atoms with Gasteiger partial charge in [-0.1, -0.05) is 18.2 Å². The summed E-state index contributed by atoms with van der Waals surface area (Å²) in [5, 5.41) is 8.73. The summed E-state index contributed by atoms with van der Waals surface area (Å²) in [7, 11) is 1.72. The molecule has 1 saturated heterocycles. The van der Waals surface area contributed by atoms with Gasteiger partial charge in [0.15, 0.2) is 0 Å². The summed E-state index contributed by atoms with van der Waals surface area (Å²) in [6, 6.07) is 7.85. The number of amides is 2. The number of nitrogens with zero attached hydrogens (tertiary/aromatic N) is 5. The molecule has 0 unspecified atom stereocenters. The minimum absolute atomic E-state index is 0.0176. The van der Waals surface area contributed by atoms with Crippen molar-refractivity contribution >= 4 is 23.7 Å². The Labute approximate surface area is 186 Å². The Morgan fingerprint density at radius 3 is 2.38 bits per heavy atom. The third kappa shape index (κ3) is 6.01. The van der Waals surface area contributed by atoms with Gasteiger partial charge in [-0.2, -0.15) is 0 Å².